The van der Waals surface area contributed by atoms with Crippen LogP contribution in [0.1, 0.15) is 56.1 Å². The first-order valence-corrected chi connectivity index (χ1v) is 13.6. The van der Waals surface area contributed by atoms with E-state index in [0.29, 0.717) is 57.3 Å². The summed E-state index contributed by atoms with van der Waals surface area (Å²) in [5.74, 6) is -1.57. The normalized spacial score (nSPS) is 21.0. The second-order valence-corrected chi connectivity index (χ2v) is 10.9. The van der Waals surface area contributed by atoms with E-state index in [1.54, 1.807) is 23.1 Å². The van der Waals surface area contributed by atoms with Gasteiger partial charge in [0.05, 0.1) is 5.69 Å². The Kier molecular flexibility index (Phi) is 7.90. The Morgan fingerprint density at radius 1 is 1.00 bits per heavy atom. The number of anilines is 2. The Morgan fingerprint density at radius 3 is 2.45 bits per heavy atom. The number of urea groups is 1. The van der Waals surface area contributed by atoms with Crippen LogP contribution in [-0.4, -0.2) is 52.2 Å². The number of carboxylic acids is 1. The third kappa shape index (κ3) is 6.52. The topological polar surface area (TPSA) is 137 Å². The maximum Gasteiger partial charge on any atom is 0.410 e. The summed E-state index contributed by atoms with van der Waals surface area (Å²) in [6.07, 6.45) is 4.10. The standard InChI is InChI=1S/C29H33FN4O6/c30-23-3-1-2-4-24(23)32-27(38)31-21-8-7-20-17-34(14-11-19(20)16-21)28(39)40-22-9-5-18(6-10-22)15-25(35)33-29(12-13-29)26(36)37/h1-4,7-8,16,18,22H,5-6,9-15,17H2,(H,33,35)(H,36,37)(H2,31,32,38). The zero-order chi connectivity index (χ0) is 28.3. The fraction of sp³-hybridized carbons (Fsp3) is 0.448. The zero-order valence-corrected chi connectivity index (χ0v) is 22.1. The Bertz CT molecular complexity index is 1310. The Labute approximate surface area is 231 Å². The molecule has 0 unspecified atom stereocenters. The Morgan fingerprint density at radius 2 is 1.75 bits per heavy atom. The zero-order valence-electron chi connectivity index (χ0n) is 22.1. The van der Waals surface area contributed by atoms with Crippen LogP contribution >= 0.6 is 0 Å². The lowest BCUT2D eigenvalue weighted by molar-refractivity contribution is -0.143. The highest BCUT2D eigenvalue weighted by Crippen LogP contribution is 2.36. The molecule has 10 nitrogen and oxygen atoms in total. The SMILES string of the molecule is O=C(CC1CCC(OC(=O)N2CCc3cc(NC(=O)Nc4ccccc4F)ccc3C2)CC1)NC1(C(=O)O)CC1. The molecular weight excluding hydrogens is 519 g/mol. The van der Waals surface area contributed by atoms with Gasteiger partial charge in [-0.25, -0.2) is 18.8 Å². The number of ether oxygens (including phenoxy) is 1. The molecule has 40 heavy (non-hydrogen) atoms. The van der Waals surface area contributed by atoms with Crippen molar-refractivity contribution in [2.45, 2.75) is 69.6 Å². The van der Waals surface area contributed by atoms with Crippen molar-refractivity contribution in [3.8, 4) is 0 Å². The lowest BCUT2D eigenvalue weighted by Crippen LogP contribution is -2.44. The van der Waals surface area contributed by atoms with Crippen molar-refractivity contribution in [3.05, 3.63) is 59.4 Å². The minimum atomic E-state index is -1.06. The summed E-state index contributed by atoms with van der Waals surface area (Å²) in [4.78, 5) is 50.4. The van der Waals surface area contributed by atoms with Crippen LogP contribution in [0.2, 0.25) is 0 Å². The number of hydrogen-bond donors (Lipinski definition) is 4. The smallest absolute Gasteiger partial charge is 0.410 e. The van der Waals surface area contributed by atoms with E-state index in [2.05, 4.69) is 16.0 Å². The average Bonchev–Trinajstić information content (AvgIpc) is 3.71. The summed E-state index contributed by atoms with van der Waals surface area (Å²) >= 11 is 0. The van der Waals surface area contributed by atoms with Gasteiger partial charge >= 0.3 is 18.1 Å². The number of nitrogens with zero attached hydrogens (tertiary/aromatic N) is 1. The maximum atomic E-state index is 13.8. The lowest BCUT2D eigenvalue weighted by Gasteiger charge is -2.32. The van der Waals surface area contributed by atoms with Crippen LogP contribution in [0.5, 0.6) is 0 Å². The summed E-state index contributed by atoms with van der Waals surface area (Å²) in [6.45, 7) is 0.883. The van der Waals surface area contributed by atoms with E-state index in [4.69, 9.17) is 4.74 Å². The van der Waals surface area contributed by atoms with Crippen LogP contribution in [0.25, 0.3) is 0 Å². The summed E-state index contributed by atoms with van der Waals surface area (Å²) in [7, 11) is 0. The van der Waals surface area contributed by atoms with Crippen LogP contribution < -0.4 is 16.0 Å². The second-order valence-electron chi connectivity index (χ2n) is 10.9. The summed E-state index contributed by atoms with van der Waals surface area (Å²) in [6, 6.07) is 10.8. The van der Waals surface area contributed by atoms with Crippen LogP contribution in [0, 0.1) is 11.7 Å². The number of amides is 4. The lowest BCUT2D eigenvalue weighted by atomic mass is 9.85. The number of aliphatic carboxylic acids is 1. The maximum absolute atomic E-state index is 13.8. The van der Waals surface area contributed by atoms with Crippen molar-refractivity contribution in [1.82, 2.24) is 10.2 Å². The fourth-order valence-corrected chi connectivity index (χ4v) is 5.40. The largest absolute Gasteiger partial charge is 0.480 e. The second kappa shape index (κ2) is 11.5. The van der Waals surface area contributed by atoms with Gasteiger partial charge < -0.3 is 30.7 Å². The molecule has 0 aromatic heterocycles. The third-order valence-electron chi connectivity index (χ3n) is 7.93. The molecule has 4 N–H and O–H groups in total. The van der Waals surface area contributed by atoms with Gasteiger partial charge in [0, 0.05) is 25.2 Å². The van der Waals surface area contributed by atoms with Gasteiger partial charge in [0.2, 0.25) is 5.91 Å². The van der Waals surface area contributed by atoms with Crippen LogP contribution in [0.4, 0.5) is 25.4 Å². The number of carbonyl (C=O) groups excluding carboxylic acids is 3. The first-order valence-electron chi connectivity index (χ1n) is 13.6. The summed E-state index contributed by atoms with van der Waals surface area (Å²) < 4.78 is 19.6. The highest BCUT2D eigenvalue weighted by molar-refractivity contribution is 5.99. The van der Waals surface area contributed by atoms with Crippen LogP contribution in [0.3, 0.4) is 0 Å². The van der Waals surface area contributed by atoms with Gasteiger partial charge in [-0.1, -0.05) is 18.2 Å². The van der Waals surface area contributed by atoms with Crippen molar-refractivity contribution in [1.29, 1.82) is 0 Å². The highest BCUT2D eigenvalue weighted by Gasteiger charge is 2.51. The molecule has 2 aromatic rings. The van der Waals surface area contributed by atoms with Gasteiger partial charge in [0.15, 0.2) is 0 Å². The van der Waals surface area contributed by atoms with E-state index in [9.17, 15) is 28.7 Å². The first kappa shape index (κ1) is 27.4. The van der Waals surface area contributed by atoms with Gasteiger partial charge in [-0.05, 0) is 86.3 Å². The summed E-state index contributed by atoms with van der Waals surface area (Å²) in [5.41, 5.74) is 1.58. The molecule has 0 atom stereocenters. The molecule has 2 saturated carbocycles. The number of fused-ring (bicyclic) bond motifs is 1. The first-order chi connectivity index (χ1) is 19.2. The number of rotatable bonds is 7. The molecule has 2 aliphatic carbocycles. The fourth-order valence-electron chi connectivity index (χ4n) is 5.40. The number of para-hydroxylation sites is 1. The van der Waals surface area contributed by atoms with Crippen LogP contribution in [-0.2, 0) is 27.3 Å². The van der Waals surface area contributed by atoms with Gasteiger partial charge in [0.25, 0.3) is 0 Å². The summed E-state index contributed by atoms with van der Waals surface area (Å²) in [5, 5.41) is 17.1. The Hall–Kier alpha value is -4.15. The molecule has 4 amide bonds. The molecular formula is C29H33FN4O6. The van der Waals surface area contributed by atoms with Crippen molar-refractivity contribution < 1.29 is 33.4 Å². The molecule has 0 spiro atoms. The van der Waals surface area contributed by atoms with Gasteiger partial charge in [-0.2, -0.15) is 0 Å². The minimum absolute atomic E-state index is 0.0910. The average molecular weight is 553 g/mol. The van der Waals surface area contributed by atoms with E-state index < -0.39 is 23.4 Å². The predicted octanol–water partition coefficient (Wildman–Crippen LogP) is 4.65. The molecule has 212 valence electrons. The number of carbonyl (C=O) groups is 4. The van der Waals surface area contributed by atoms with Crippen molar-refractivity contribution in [3.63, 3.8) is 0 Å². The van der Waals surface area contributed by atoms with E-state index in [-0.39, 0.29) is 29.7 Å². The molecule has 1 aliphatic heterocycles. The molecule has 3 aliphatic rings. The quantitative estimate of drug-likeness (QED) is 0.395. The molecule has 0 radical (unpaired) electrons. The number of carboxylic acid groups (broad SMARTS) is 1. The van der Waals surface area contributed by atoms with E-state index >= 15 is 0 Å². The Balaban J connectivity index is 1.06. The number of hydrogen-bond acceptors (Lipinski definition) is 5. The molecule has 2 fully saturated rings. The molecule has 0 saturated heterocycles. The number of nitrogens with one attached hydrogen (secondary N) is 3. The highest BCUT2D eigenvalue weighted by atomic mass is 19.1. The van der Waals surface area contributed by atoms with Crippen molar-refractivity contribution >= 4 is 35.4 Å². The molecule has 11 heteroatoms. The van der Waals surface area contributed by atoms with Crippen LogP contribution in [0.15, 0.2) is 42.5 Å². The number of benzene rings is 2. The van der Waals surface area contributed by atoms with Gasteiger partial charge in [0.1, 0.15) is 17.5 Å². The number of halogens is 1. The van der Waals surface area contributed by atoms with Crippen molar-refractivity contribution in [2.75, 3.05) is 17.2 Å². The molecule has 0 bridgehead atoms. The predicted molar refractivity (Wildman–Crippen MR) is 144 cm³/mol. The van der Waals surface area contributed by atoms with Gasteiger partial charge in [-0.3, -0.25) is 4.79 Å². The van der Waals surface area contributed by atoms with Crippen molar-refractivity contribution in [2.24, 2.45) is 5.92 Å². The minimum Gasteiger partial charge on any atom is -0.480 e. The monoisotopic (exact) mass is 552 g/mol. The van der Waals surface area contributed by atoms with E-state index in [1.807, 2.05) is 12.1 Å². The van der Waals surface area contributed by atoms with E-state index in [0.717, 1.165) is 24.0 Å². The molecule has 5 rings (SSSR count). The van der Waals surface area contributed by atoms with Gasteiger partial charge in [-0.15, -0.1) is 0 Å². The molecule has 2 aromatic carbocycles. The molecule has 1 heterocycles. The third-order valence-corrected chi connectivity index (χ3v) is 7.93. The van der Waals surface area contributed by atoms with E-state index in [1.165, 1.54) is 12.1 Å².